The van der Waals surface area contributed by atoms with Gasteiger partial charge in [-0.3, -0.25) is 4.79 Å². The van der Waals surface area contributed by atoms with Gasteiger partial charge < -0.3 is 10.2 Å². The maximum Gasteiger partial charge on any atom is 0.303 e. The molecule has 0 aromatic rings. The Hall–Kier alpha value is -0.830. The number of hydrogen-bond donors (Lipinski definition) is 2. The van der Waals surface area contributed by atoms with E-state index in [9.17, 15) is 9.90 Å². The van der Waals surface area contributed by atoms with Crippen LogP contribution in [0.15, 0.2) is 11.6 Å². The van der Waals surface area contributed by atoms with E-state index >= 15 is 0 Å². The van der Waals surface area contributed by atoms with E-state index in [1.54, 1.807) is 5.57 Å². The molecule has 3 nitrogen and oxygen atoms in total. The Morgan fingerprint density at radius 2 is 1.96 bits per heavy atom. The molecule has 0 saturated heterocycles. The van der Waals surface area contributed by atoms with Crippen molar-refractivity contribution in [2.75, 3.05) is 0 Å². The fourth-order valence-corrected chi connectivity index (χ4v) is 8.17. The number of aliphatic carboxylic acids is 1. The van der Waals surface area contributed by atoms with Crippen molar-refractivity contribution >= 4 is 5.97 Å². The van der Waals surface area contributed by atoms with Gasteiger partial charge in [-0.1, -0.05) is 32.4 Å². The summed E-state index contributed by atoms with van der Waals surface area (Å²) < 4.78 is 0. The first kappa shape index (κ1) is 19.5. The van der Waals surface area contributed by atoms with Crippen molar-refractivity contribution in [1.82, 2.24) is 0 Å². The van der Waals surface area contributed by atoms with Gasteiger partial charge in [-0.25, -0.2) is 0 Å². The normalized spacial score (nSPS) is 47.4. The molecule has 0 bridgehead atoms. The molecule has 4 rings (SSSR count). The van der Waals surface area contributed by atoms with Gasteiger partial charge in [-0.15, -0.1) is 0 Å². The summed E-state index contributed by atoms with van der Waals surface area (Å²) in [6.07, 6.45) is 13.0. The van der Waals surface area contributed by atoms with Crippen LogP contribution >= 0.6 is 0 Å². The Balaban J connectivity index is 1.54. The van der Waals surface area contributed by atoms with Gasteiger partial charge in [0.15, 0.2) is 0 Å². The van der Waals surface area contributed by atoms with Gasteiger partial charge in [0.05, 0.1) is 6.10 Å². The zero-order valence-corrected chi connectivity index (χ0v) is 17.4. The summed E-state index contributed by atoms with van der Waals surface area (Å²) >= 11 is 0. The van der Waals surface area contributed by atoms with Crippen molar-refractivity contribution < 1.29 is 15.0 Å². The summed E-state index contributed by atoms with van der Waals surface area (Å²) in [7, 11) is 0. The van der Waals surface area contributed by atoms with Crippen molar-refractivity contribution in [2.45, 2.75) is 91.1 Å². The first-order chi connectivity index (χ1) is 12.8. The number of carbonyl (C=O) groups is 1. The largest absolute Gasteiger partial charge is 0.481 e. The molecule has 0 aromatic carbocycles. The second kappa shape index (κ2) is 6.90. The lowest BCUT2D eigenvalue weighted by atomic mass is 9.47. The molecule has 0 aromatic heterocycles. The van der Waals surface area contributed by atoms with Crippen LogP contribution < -0.4 is 0 Å². The molecule has 0 spiro atoms. The van der Waals surface area contributed by atoms with Gasteiger partial charge in [0.25, 0.3) is 0 Å². The van der Waals surface area contributed by atoms with Crippen molar-refractivity contribution in [3.63, 3.8) is 0 Å². The molecule has 152 valence electrons. The Morgan fingerprint density at radius 1 is 1.19 bits per heavy atom. The van der Waals surface area contributed by atoms with Gasteiger partial charge in [0, 0.05) is 6.42 Å². The standard InChI is InChI=1S/C24H38O3/c1-15(4-9-22(26)27)19-7-8-20-18-6-5-16-14-17(25)10-12-23(16,2)21(18)11-13-24(19,20)3/h5,15,17-21,25H,4,6-14H2,1-3H3,(H,26,27)/t15?,17-,18?,19?,20?,21?,23?,24?/m0/s1. The van der Waals surface area contributed by atoms with Crippen LogP contribution in [0.2, 0.25) is 0 Å². The molecular formula is C24H38O3. The van der Waals surface area contributed by atoms with E-state index in [2.05, 4.69) is 26.8 Å². The topological polar surface area (TPSA) is 57.5 Å². The summed E-state index contributed by atoms with van der Waals surface area (Å²) in [5.41, 5.74) is 2.27. The zero-order chi connectivity index (χ0) is 19.4. The van der Waals surface area contributed by atoms with Crippen LogP contribution in [0.3, 0.4) is 0 Å². The maximum atomic E-state index is 11.0. The lowest BCUT2D eigenvalue weighted by molar-refractivity contribution is -0.137. The van der Waals surface area contributed by atoms with Crippen molar-refractivity contribution in [1.29, 1.82) is 0 Å². The third-order valence-electron chi connectivity index (χ3n) is 9.65. The molecule has 0 amide bonds. The van der Waals surface area contributed by atoms with E-state index in [1.165, 1.54) is 32.1 Å². The first-order valence-corrected chi connectivity index (χ1v) is 11.3. The molecule has 27 heavy (non-hydrogen) atoms. The van der Waals surface area contributed by atoms with Gasteiger partial charge in [-0.2, -0.15) is 0 Å². The number of allylic oxidation sites excluding steroid dienone is 1. The van der Waals surface area contributed by atoms with Crippen LogP contribution in [0, 0.1) is 40.4 Å². The number of carboxylic acid groups (broad SMARTS) is 1. The summed E-state index contributed by atoms with van der Waals surface area (Å²) in [5.74, 6) is 2.94. The van der Waals surface area contributed by atoms with Gasteiger partial charge in [-0.05, 0) is 98.2 Å². The number of hydrogen-bond acceptors (Lipinski definition) is 2. The number of rotatable bonds is 4. The highest BCUT2D eigenvalue weighted by atomic mass is 16.4. The summed E-state index contributed by atoms with van der Waals surface area (Å²) in [4.78, 5) is 11.0. The van der Waals surface area contributed by atoms with E-state index in [1.807, 2.05) is 0 Å². The monoisotopic (exact) mass is 374 g/mol. The summed E-state index contributed by atoms with van der Waals surface area (Å²) in [5, 5.41) is 19.2. The molecule has 3 heteroatoms. The Kier molecular flexibility index (Phi) is 4.98. The third-order valence-corrected chi connectivity index (χ3v) is 9.65. The SMILES string of the molecule is CC(CCC(=O)O)C1CCC2C3CC=C4C[C@@H](O)CCC4(C)C3CCC12C. The molecule has 2 N–H and O–H groups in total. The minimum Gasteiger partial charge on any atom is -0.481 e. The van der Waals surface area contributed by atoms with Gasteiger partial charge in [0.2, 0.25) is 0 Å². The van der Waals surface area contributed by atoms with Gasteiger partial charge >= 0.3 is 5.97 Å². The smallest absolute Gasteiger partial charge is 0.303 e. The Labute approximate surface area is 164 Å². The molecule has 0 aliphatic heterocycles. The fourth-order valence-electron chi connectivity index (χ4n) is 8.17. The van der Waals surface area contributed by atoms with E-state index in [0.29, 0.717) is 29.1 Å². The van der Waals surface area contributed by atoms with Crippen molar-refractivity contribution in [2.24, 2.45) is 40.4 Å². The highest BCUT2D eigenvalue weighted by Gasteiger charge is 2.59. The van der Waals surface area contributed by atoms with Gasteiger partial charge in [0.1, 0.15) is 0 Å². The minimum atomic E-state index is -0.650. The average molecular weight is 375 g/mol. The molecule has 4 aliphatic carbocycles. The second-order valence-electron chi connectivity index (χ2n) is 10.8. The fraction of sp³-hybridized carbons (Fsp3) is 0.875. The highest BCUT2D eigenvalue weighted by molar-refractivity contribution is 5.66. The summed E-state index contributed by atoms with van der Waals surface area (Å²) in [6, 6.07) is 0. The van der Waals surface area contributed by atoms with Crippen molar-refractivity contribution in [3.05, 3.63) is 11.6 Å². The Morgan fingerprint density at radius 3 is 2.70 bits per heavy atom. The highest BCUT2D eigenvalue weighted by Crippen LogP contribution is 2.67. The van der Waals surface area contributed by atoms with Crippen molar-refractivity contribution in [3.8, 4) is 0 Å². The third kappa shape index (κ3) is 3.09. The molecular weight excluding hydrogens is 336 g/mol. The van der Waals surface area contributed by atoms with E-state index in [0.717, 1.165) is 43.4 Å². The van der Waals surface area contributed by atoms with Crippen LogP contribution in [0.5, 0.6) is 0 Å². The number of aliphatic hydroxyl groups is 1. The first-order valence-electron chi connectivity index (χ1n) is 11.3. The van der Waals surface area contributed by atoms with E-state index in [4.69, 9.17) is 5.11 Å². The minimum absolute atomic E-state index is 0.124. The number of carboxylic acids is 1. The van der Waals surface area contributed by atoms with Crippen LogP contribution in [-0.2, 0) is 4.79 Å². The maximum absolute atomic E-state index is 11.0. The van der Waals surface area contributed by atoms with E-state index < -0.39 is 5.97 Å². The quantitative estimate of drug-likeness (QED) is 0.645. The lowest BCUT2D eigenvalue weighted by Crippen LogP contribution is -2.50. The van der Waals surface area contributed by atoms with Crippen LogP contribution in [0.1, 0.15) is 85.0 Å². The summed E-state index contributed by atoms with van der Waals surface area (Å²) in [6.45, 7) is 7.33. The Bertz CT molecular complexity index is 625. The molecule has 0 radical (unpaired) electrons. The second-order valence-corrected chi connectivity index (χ2v) is 10.8. The number of aliphatic hydroxyl groups excluding tert-OH is 1. The average Bonchev–Trinajstić information content (AvgIpc) is 2.97. The molecule has 3 saturated carbocycles. The van der Waals surface area contributed by atoms with Crippen LogP contribution in [0.25, 0.3) is 0 Å². The van der Waals surface area contributed by atoms with Crippen LogP contribution in [0.4, 0.5) is 0 Å². The molecule has 4 aliphatic rings. The van der Waals surface area contributed by atoms with Crippen LogP contribution in [-0.4, -0.2) is 22.3 Å². The van der Waals surface area contributed by atoms with E-state index in [-0.39, 0.29) is 6.10 Å². The number of fused-ring (bicyclic) bond motifs is 5. The lowest BCUT2D eigenvalue weighted by Gasteiger charge is -2.58. The molecule has 3 fully saturated rings. The molecule has 0 heterocycles. The molecule has 7 unspecified atom stereocenters. The predicted octanol–water partition coefficient (Wildman–Crippen LogP) is 5.43. The predicted molar refractivity (Wildman–Crippen MR) is 107 cm³/mol. The molecule has 8 atom stereocenters. The zero-order valence-electron chi connectivity index (χ0n) is 17.4.